The summed E-state index contributed by atoms with van der Waals surface area (Å²) in [4.78, 5) is 33.8. The van der Waals surface area contributed by atoms with Gasteiger partial charge in [0.2, 0.25) is 5.91 Å². The summed E-state index contributed by atoms with van der Waals surface area (Å²) in [5.41, 5.74) is 2.52. The van der Waals surface area contributed by atoms with Crippen LogP contribution in [-0.4, -0.2) is 27.8 Å². The molecule has 1 aromatic carbocycles. The van der Waals surface area contributed by atoms with E-state index >= 15 is 0 Å². The molecule has 0 spiro atoms. The van der Waals surface area contributed by atoms with Crippen LogP contribution in [0.15, 0.2) is 35.7 Å². The molecule has 1 aliphatic rings. The first-order valence-corrected chi connectivity index (χ1v) is 10.5. The molecule has 2 heterocycles. The van der Waals surface area contributed by atoms with E-state index in [4.69, 9.17) is 0 Å². The number of thiophene rings is 1. The van der Waals surface area contributed by atoms with Crippen LogP contribution in [0.1, 0.15) is 54.5 Å². The summed E-state index contributed by atoms with van der Waals surface area (Å²) < 4.78 is 0. The normalized spacial score (nSPS) is 15.4. The summed E-state index contributed by atoms with van der Waals surface area (Å²) >= 11 is 1.36. The van der Waals surface area contributed by atoms with Crippen LogP contribution in [0.25, 0.3) is 11.0 Å². The molecule has 2 aromatic heterocycles. The van der Waals surface area contributed by atoms with E-state index in [1.165, 1.54) is 30.6 Å². The molecule has 1 unspecified atom stereocenters. The van der Waals surface area contributed by atoms with Crippen molar-refractivity contribution in [2.24, 2.45) is 5.92 Å². The number of nitrogens with one attached hydrogen (secondary N) is 3. The highest BCUT2D eigenvalue weighted by Crippen LogP contribution is 2.35. The molecule has 0 bridgehead atoms. The third kappa shape index (κ3) is 3.80. The number of anilines is 1. The van der Waals surface area contributed by atoms with Crippen LogP contribution in [0.5, 0.6) is 0 Å². The quantitative estimate of drug-likeness (QED) is 0.581. The fraction of sp³-hybridized carbons (Fsp3) is 0.381. The molecule has 28 heavy (non-hydrogen) atoms. The van der Waals surface area contributed by atoms with E-state index in [1.54, 1.807) is 6.07 Å². The molecular weight excluding hydrogens is 372 g/mol. The molecule has 1 aliphatic carbocycles. The van der Waals surface area contributed by atoms with Crippen LogP contribution >= 0.6 is 11.3 Å². The zero-order valence-electron chi connectivity index (χ0n) is 16.0. The first-order chi connectivity index (χ1) is 13.5. The predicted octanol–water partition coefficient (Wildman–Crippen LogP) is 4.29. The van der Waals surface area contributed by atoms with Crippen molar-refractivity contribution in [2.45, 2.75) is 45.1 Å². The number of fused-ring (bicyclic) bond motifs is 1. The number of aromatic amines is 1. The largest absolute Gasteiger partial charge is 0.342 e. The average molecular weight is 397 g/mol. The Labute approximate surface area is 167 Å². The molecule has 4 rings (SSSR count). The molecule has 3 N–H and O–H groups in total. The molecule has 146 valence electrons. The number of benzene rings is 1. The van der Waals surface area contributed by atoms with Gasteiger partial charge in [0.25, 0.3) is 5.91 Å². The first-order valence-electron chi connectivity index (χ1n) is 9.66. The van der Waals surface area contributed by atoms with Gasteiger partial charge in [0.15, 0.2) is 0 Å². The smallest absolute Gasteiger partial charge is 0.262 e. The second-order valence-electron chi connectivity index (χ2n) is 7.64. The molecule has 2 amide bonds. The number of carbonyl (C=O) groups excluding carboxylic acids is 2. The molecule has 6 nitrogen and oxygen atoms in total. The molecule has 0 aliphatic heterocycles. The van der Waals surface area contributed by atoms with Crippen LogP contribution < -0.4 is 10.6 Å². The molecule has 3 aromatic rings. The number of hydrogen-bond acceptors (Lipinski definition) is 4. The first kappa shape index (κ1) is 18.7. The van der Waals surface area contributed by atoms with E-state index in [2.05, 4.69) is 20.6 Å². The third-order valence-corrected chi connectivity index (χ3v) is 6.11. The third-order valence-electron chi connectivity index (χ3n) is 5.24. The number of amides is 2. The summed E-state index contributed by atoms with van der Waals surface area (Å²) in [7, 11) is 0. The van der Waals surface area contributed by atoms with E-state index < -0.39 is 6.04 Å². The number of H-pyrrole nitrogens is 1. The molecule has 0 radical (unpaired) electrons. The van der Waals surface area contributed by atoms with Gasteiger partial charge in [0.1, 0.15) is 11.9 Å². The number of rotatable bonds is 6. The monoisotopic (exact) mass is 396 g/mol. The lowest BCUT2D eigenvalue weighted by Gasteiger charge is -2.22. The Kier molecular flexibility index (Phi) is 5.17. The molecule has 1 saturated carbocycles. The number of imidazole rings is 1. The fourth-order valence-corrected chi connectivity index (χ4v) is 3.98. The fourth-order valence-electron chi connectivity index (χ4n) is 3.36. The Balaban J connectivity index is 1.47. The average Bonchev–Trinajstić information content (AvgIpc) is 3.26. The second kappa shape index (κ2) is 7.75. The Morgan fingerprint density at radius 2 is 2.07 bits per heavy atom. The Bertz CT molecular complexity index is 989. The van der Waals surface area contributed by atoms with Gasteiger partial charge in [-0.25, -0.2) is 4.98 Å². The van der Waals surface area contributed by atoms with E-state index in [0.29, 0.717) is 16.5 Å². The molecule has 0 saturated heterocycles. The van der Waals surface area contributed by atoms with Gasteiger partial charge in [-0.2, -0.15) is 0 Å². The highest BCUT2D eigenvalue weighted by atomic mass is 32.1. The van der Waals surface area contributed by atoms with E-state index in [1.807, 2.05) is 43.5 Å². The number of aromatic nitrogens is 2. The summed E-state index contributed by atoms with van der Waals surface area (Å²) in [6, 6.07) is 8.63. The summed E-state index contributed by atoms with van der Waals surface area (Å²) in [6.07, 6.45) is 3.63. The van der Waals surface area contributed by atoms with Gasteiger partial charge >= 0.3 is 0 Å². The lowest BCUT2D eigenvalue weighted by atomic mass is 9.85. The highest BCUT2D eigenvalue weighted by molar-refractivity contribution is 7.12. The van der Waals surface area contributed by atoms with Crippen molar-refractivity contribution in [3.8, 4) is 0 Å². The maximum Gasteiger partial charge on any atom is 0.262 e. The van der Waals surface area contributed by atoms with E-state index in [-0.39, 0.29) is 17.7 Å². The number of hydrogen-bond donors (Lipinski definition) is 3. The minimum Gasteiger partial charge on any atom is -0.342 e. The standard InChI is InChI=1S/C21H24N4O2S/c1-12(2)18(25-20(26)17-7-4-10-28-17)21(27)22-14-8-9-15-16(11-14)24-19(23-15)13-5-3-6-13/h4,7-13,18H,3,5-6H2,1-2H3,(H,22,27)(H,23,24)(H,25,26). The Hall–Kier alpha value is -2.67. The second-order valence-corrected chi connectivity index (χ2v) is 8.59. The number of carbonyl (C=O) groups is 2. The van der Waals surface area contributed by atoms with Gasteiger partial charge in [-0.3, -0.25) is 9.59 Å². The SMILES string of the molecule is CC(C)C(NC(=O)c1cccs1)C(=O)Nc1ccc2nc(C3CCC3)[nH]c2c1. The van der Waals surface area contributed by atoms with Crippen molar-refractivity contribution in [1.29, 1.82) is 0 Å². The van der Waals surface area contributed by atoms with Crippen LogP contribution in [0.3, 0.4) is 0 Å². The topological polar surface area (TPSA) is 86.9 Å². The molecule has 1 fully saturated rings. The maximum absolute atomic E-state index is 12.8. The van der Waals surface area contributed by atoms with Crippen LogP contribution in [0.2, 0.25) is 0 Å². The maximum atomic E-state index is 12.8. The summed E-state index contributed by atoms with van der Waals surface area (Å²) in [5.74, 6) is 1.08. The minimum atomic E-state index is -0.613. The van der Waals surface area contributed by atoms with Crippen LogP contribution in [0.4, 0.5) is 5.69 Å². The van der Waals surface area contributed by atoms with Gasteiger partial charge in [-0.15, -0.1) is 11.3 Å². The lowest BCUT2D eigenvalue weighted by molar-refractivity contribution is -0.118. The van der Waals surface area contributed by atoms with E-state index in [9.17, 15) is 9.59 Å². The molecule has 7 heteroatoms. The van der Waals surface area contributed by atoms with Crippen molar-refractivity contribution in [3.63, 3.8) is 0 Å². The van der Waals surface area contributed by atoms with Gasteiger partial charge < -0.3 is 15.6 Å². The Morgan fingerprint density at radius 3 is 2.71 bits per heavy atom. The Morgan fingerprint density at radius 1 is 1.25 bits per heavy atom. The van der Waals surface area contributed by atoms with Crippen molar-refractivity contribution in [1.82, 2.24) is 15.3 Å². The van der Waals surface area contributed by atoms with Gasteiger partial charge in [-0.1, -0.05) is 26.3 Å². The summed E-state index contributed by atoms with van der Waals surface area (Å²) in [6.45, 7) is 3.84. The van der Waals surface area contributed by atoms with Crippen molar-refractivity contribution in [3.05, 3.63) is 46.4 Å². The van der Waals surface area contributed by atoms with Gasteiger partial charge in [0.05, 0.1) is 15.9 Å². The van der Waals surface area contributed by atoms with Crippen molar-refractivity contribution in [2.75, 3.05) is 5.32 Å². The van der Waals surface area contributed by atoms with Crippen molar-refractivity contribution >= 4 is 39.9 Å². The van der Waals surface area contributed by atoms with Gasteiger partial charge in [-0.05, 0) is 48.4 Å². The predicted molar refractivity (Wildman–Crippen MR) is 112 cm³/mol. The highest BCUT2D eigenvalue weighted by Gasteiger charge is 2.26. The minimum absolute atomic E-state index is 0.0370. The molecule has 1 atom stereocenters. The van der Waals surface area contributed by atoms with Gasteiger partial charge in [0, 0.05) is 11.6 Å². The zero-order chi connectivity index (χ0) is 19.7. The molecular formula is C21H24N4O2S. The zero-order valence-corrected chi connectivity index (χ0v) is 16.8. The summed E-state index contributed by atoms with van der Waals surface area (Å²) in [5, 5.41) is 7.63. The van der Waals surface area contributed by atoms with E-state index in [0.717, 1.165) is 16.9 Å². The van der Waals surface area contributed by atoms with Crippen molar-refractivity contribution < 1.29 is 9.59 Å². The lowest BCUT2D eigenvalue weighted by Crippen LogP contribution is -2.46. The number of nitrogens with zero attached hydrogens (tertiary/aromatic N) is 1. The van der Waals surface area contributed by atoms with Crippen LogP contribution in [0, 0.1) is 5.92 Å². The van der Waals surface area contributed by atoms with Crippen LogP contribution in [-0.2, 0) is 4.79 Å².